The number of amides is 1. The van der Waals surface area contributed by atoms with Crippen LogP contribution < -0.4 is 5.32 Å². The second kappa shape index (κ2) is 5.53. The van der Waals surface area contributed by atoms with Crippen molar-refractivity contribution in [1.82, 2.24) is 5.32 Å². The summed E-state index contributed by atoms with van der Waals surface area (Å²) in [6, 6.07) is 0.167. The Morgan fingerprint density at radius 3 is 2.80 bits per heavy atom. The van der Waals surface area contributed by atoms with E-state index < -0.39 is 0 Å². The Labute approximate surface area is 89.7 Å². The maximum Gasteiger partial charge on any atom is 0.333 e. The first kappa shape index (κ1) is 11.8. The standard InChI is InChI=1S/C11H17NO3/c1-3-15-11(14)9-4-6-10(7-5-9)12-8(2)13/h4,10H,3,5-7H2,1-2H3,(H,12,13). The van der Waals surface area contributed by atoms with Crippen LogP contribution in [0.5, 0.6) is 0 Å². The van der Waals surface area contributed by atoms with E-state index in [1.807, 2.05) is 6.08 Å². The van der Waals surface area contributed by atoms with Crippen LogP contribution >= 0.6 is 0 Å². The molecule has 0 aromatic heterocycles. The second-order valence-corrected chi connectivity index (χ2v) is 3.62. The molecule has 1 rings (SSSR count). The molecule has 0 aliphatic heterocycles. The van der Waals surface area contributed by atoms with Gasteiger partial charge in [-0.3, -0.25) is 4.79 Å². The highest BCUT2D eigenvalue weighted by molar-refractivity contribution is 5.88. The topological polar surface area (TPSA) is 55.4 Å². The minimum atomic E-state index is -0.223. The number of rotatable bonds is 3. The molecule has 0 bridgehead atoms. The molecule has 0 aromatic carbocycles. The fourth-order valence-corrected chi connectivity index (χ4v) is 1.66. The summed E-state index contributed by atoms with van der Waals surface area (Å²) < 4.78 is 4.90. The monoisotopic (exact) mass is 211 g/mol. The zero-order valence-corrected chi connectivity index (χ0v) is 9.21. The van der Waals surface area contributed by atoms with Crippen molar-refractivity contribution in [3.63, 3.8) is 0 Å². The number of hydrogen-bond acceptors (Lipinski definition) is 3. The molecule has 0 saturated heterocycles. The molecule has 0 radical (unpaired) electrons. The van der Waals surface area contributed by atoms with Crippen molar-refractivity contribution in [1.29, 1.82) is 0 Å². The van der Waals surface area contributed by atoms with Gasteiger partial charge in [0.1, 0.15) is 0 Å². The lowest BCUT2D eigenvalue weighted by Crippen LogP contribution is -2.34. The average Bonchev–Trinajstić information content (AvgIpc) is 2.18. The summed E-state index contributed by atoms with van der Waals surface area (Å²) in [6.45, 7) is 3.71. The van der Waals surface area contributed by atoms with Gasteiger partial charge in [-0.1, -0.05) is 6.08 Å². The molecule has 4 nitrogen and oxygen atoms in total. The molecule has 1 amide bonds. The van der Waals surface area contributed by atoms with Crippen LogP contribution in [-0.2, 0) is 14.3 Å². The number of hydrogen-bond donors (Lipinski definition) is 1. The third kappa shape index (κ3) is 3.73. The van der Waals surface area contributed by atoms with Crippen LogP contribution in [0.25, 0.3) is 0 Å². The Kier molecular flexibility index (Phi) is 4.34. The van der Waals surface area contributed by atoms with Gasteiger partial charge in [0.05, 0.1) is 6.61 Å². The Morgan fingerprint density at radius 2 is 2.33 bits per heavy atom. The van der Waals surface area contributed by atoms with Crippen molar-refractivity contribution in [3.05, 3.63) is 11.6 Å². The number of nitrogens with one attached hydrogen (secondary N) is 1. The van der Waals surface area contributed by atoms with Gasteiger partial charge in [0, 0.05) is 18.5 Å². The maximum absolute atomic E-state index is 11.3. The van der Waals surface area contributed by atoms with Crippen molar-refractivity contribution in [2.75, 3.05) is 6.61 Å². The van der Waals surface area contributed by atoms with Crippen LogP contribution in [0.2, 0.25) is 0 Å². The Bertz CT molecular complexity index is 284. The molecule has 1 unspecified atom stereocenters. The van der Waals surface area contributed by atoms with Gasteiger partial charge >= 0.3 is 5.97 Å². The Morgan fingerprint density at radius 1 is 1.60 bits per heavy atom. The molecule has 1 atom stereocenters. The largest absolute Gasteiger partial charge is 0.463 e. The van der Waals surface area contributed by atoms with E-state index in [1.54, 1.807) is 6.92 Å². The minimum absolute atomic E-state index is 0.0204. The summed E-state index contributed by atoms with van der Waals surface area (Å²) in [6.07, 6.45) is 4.07. The summed E-state index contributed by atoms with van der Waals surface area (Å²) in [5, 5.41) is 2.84. The molecule has 1 aliphatic rings. The molecule has 1 N–H and O–H groups in total. The highest BCUT2D eigenvalue weighted by Gasteiger charge is 2.19. The van der Waals surface area contributed by atoms with Crippen molar-refractivity contribution >= 4 is 11.9 Å². The molecular formula is C11H17NO3. The van der Waals surface area contributed by atoms with E-state index in [1.165, 1.54) is 6.92 Å². The van der Waals surface area contributed by atoms with Crippen LogP contribution in [0.3, 0.4) is 0 Å². The SMILES string of the molecule is CCOC(=O)C1=CCC(NC(C)=O)CC1. The zero-order valence-electron chi connectivity index (χ0n) is 9.21. The van der Waals surface area contributed by atoms with Crippen LogP contribution in [0.1, 0.15) is 33.1 Å². The molecule has 84 valence electrons. The number of ether oxygens (including phenoxy) is 1. The van der Waals surface area contributed by atoms with Crippen LogP contribution in [0, 0.1) is 0 Å². The van der Waals surface area contributed by atoms with Crippen molar-refractivity contribution in [3.8, 4) is 0 Å². The molecule has 1 aliphatic carbocycles. The lowest BCUT2D eigenvalue weighted by molar-refractivity contribution is -0.138. The van der Waals surface area contributed by atoms with E-state index >= 15 is 0 Å². The van der Waals surface area contributed by atoms with E-state index in [2.05, 4.69) is 5.32 Å². The molecule has 4 heteroatoms. The molecule has 15 heavy (non-hydrogen) atoms. The van der Waals surface area contributed by atoms with E-state index in [0.717, 1.165) is 12.0 Å². The Hall–Kier alpha value is -1.32. The maximum atomic E-state index is 11.3. The van der Waals surface area contributed by atoms with Gasteiger partial charge in [0.25, 0.3) is 0 Å². The van der Waals surface area contributed by atoms with Gasteiger partial charge in [0.15, 0.2) is 0 Å². The number of carbonyl (C=O) groups excluding carboxylic acids is 2. The van der Waals surface area contributed by atoms with Crippen LogP contribution in [0.4, 0.5) is 0 Å². The molecule has 0 heterocycles. The van der Waals surface area contributed by atoms with Gasteiger partial charge in [-0.25, -0.2) is 4.79 Å². The summed E-state index contributed by atoms with van der Waals surface area (Å²) in [7, 11) is 0. The molecule has 0 aromatic rings. The molecule has 0 fully saturated rings. The average molecular weight is 211 g/mol. The molecule has 0 saturated carbocycles. The fraction of sp³-hybridized carbons (Fsp3) is 0.636. The first-order chi connectivity index (χ1) is 7.13. The van der Waals surface area contributed by atoms with Gasteiger partial charge < -0.3 is 10.1 Å². The third-order valence-electron chi connectivity index (χ3n) is 2.36. The van der Waals surface area contributed by atoms with Gasteiger partial charge in [0.2, 0.25) is 5.91 Å². The first-order valence-corrected chi connectivity index (χ1v) is 5.26. The van der Waals surface area contributed by atoms with Crippen molar-refractivity contribution < 1.29 is 14.3 Å². The van der Waals surface area contributed by atoms with Gasteiger partial charge in [-0.05, 0) is 26.2 Å². The Balaban J connectivity index is 2.44. The smallest absolute Gasteiger partial charge is 0.333 e. The second-order valence-electron chi connectivity index (χ2n) is 3.62. The van der Waals surface area contributed by atoms with Crippen LogP contribution in [0.15, 0.2) is 11.6 Å². The van der Waals surface area contributed by atoms with Gasteiger partial charge in [-0.2, -0.15) is 0 Å². The summed E-state index contributed by atoms with van der Waals surface area (Å²) in [5.74, 6) is -0.244. The van der Waals surface area contributed by atoms with E-state index in [0.29, 0.717) is 19.4 Å². The predicted molar refractivity (Wildman–Crippen MR) is 56.2 cm³/mol. The quantitative estimate of drug-likeness (QED) is 0.713. The van der Waals surface area contributed by atoms with E-state index in [9.17, 15) is 9.59 Å². The molecular weight excluding hydrogens is 194 g/mol. The van der Waals surface area contributed by atoms with Gasteiger partial charge in [-0.15, -0.1) is 0 Å². The summed E-state index contributed by atoms with van der Waals surface area (Å²) >= 11 is 0. The first-order valence-electron chi connectivity index (χ1n) is 5.26. The predicted octanol–water partition coefficient (Wildman–Crippen LogP) is 1.16. The van der Waals surface area contributed by atoms with Crippen LogP contribution in [-0.4, -0.2) is 24.5 Å². The third-order valence-corrected chi connectivity index (χ3v) is 2.36. The lowest BCUT2D eigenvalue weighted by Gasteiger charge is -2.21. The molecule has 0 spiro atoms. The van der Waals surface area contributed by atoms with Crippen molar-refractivity contribution in [2.24, 2.45) is 0 Å². The number of carbonyl (C=O) groups is 2. The highest BCUT2D eigenvalue weighted by Crippen LogP contribution is 2.19. The summed E-state index contributed by atoms with van der Waals surface area (Å²) in [5.41, 5.74) is 0.735. The van der Waals surface area contributed by atoms with E-state index in [-0.39, 0.29) is 17.9 Å². The minimum Gasteiger partial charge on any atom is -0.463 e. The normalized spacial score (nSPS) is 20.4. The van der Waals surface area contributed by atoms with Crippen molar-refractivity contribution in [2.45, 2.75) is 39.2 Å². The fourth-order valence-electron chi connectivity index (χ4n) is 1.66. The summed E-state index contributed by atoms with van der Waals surface area (Å²) in [4.78, 5) is 22.2. The van der Waals surface area contributed by atoms with E-state index in [4.69, 9.17) is 4.74 Å². The lowest BCUT2D eigenvalue weighted by atomic mass is 9.95. The number of esters is 1. The highest BCUT2D eigenvalue weighted by atomic mass is 16.5. The zero-order chi connectivity index (χ0) is 11.3.